The predicted molar refractivity (Wildman–Crippen MR) is 72.7 cm³/mol. The second-order valence-electron chi connectivity index (χ2n) is 4.57. The molecule has 0 bridgehead atoms. The van der Waals surface area contributed by atoms with Crippen LogP contribution in [-0.2, 0) is 17.6 Å². The minimum Gasteiger partial charge on any atom is -0.501 e. The van der Waals surface area contributed by atoms with Crippen LogP contribution in [0, 0.1) is 0 Å². The lowest BCUT2D eigenvalue weighted by Gasteiger charge is -2.24. The van der Waals surface area contributed by atoms with Crippen LogP contribution in [0.25, 0.3) is 0 Å². The molecule has 0 aliphatic heterocycles. The fraction of sp³-hybridized carbons (Fsp3) is 0.467. The van der Waals surface area contributed by atoms with Crippen LogP contribution in [0.3, 0.4) is 0 Å². The smallest absolute Gasteiger partial charge is 0.122 e. The lowest BCUT2D eigenvalue weighted by atomic mass is 9.87. The van der Waals surface area contributed by atoms with Crippen LogP contribution in [0.4, 0.5) is 0 Å². The first-order chi connectivity index (χ1) is 8.80. The summed E-state index contributed by atoms with van der Waals surface area (Å²) < 4.78 is 11.0. The third-order valence-electron chi connectivity index (χ3n) is 3.51. The third kappa shape index (κ3) is 2.51. The van der Waals surface area contributed by atoms with Gasteiger partial charge in [-0.25, -0.2) is 0 Å². The molecule has 1 aliphatic rings. The second-order valence-corrected chi connectivity index (χ2v) is 4.57. The van der Waals surface area contributed by atoms with E-state index >= 15 is 0 Å². The Morgan fingerprint density at radius 2 is 2.00 bits per heavy atom. The van der Waals surface area contributed by atoms with Crippen molar-refractivity contribution >= 4 is 0 Å². The molecule has 98 valence electrons. The maximum absolute atomic E-state index is 5.59. The lowest BCUT2D eigenvalue weighted by Crippen LogP contribution is -2.12. The highest BCUT2D eigenvalue weighted by molar-refractivity contribution is 5.47. The zero-order valence-electron chi connectivity index (χ0n) is 11.2. The molecule has 2 rings (SSSR count). The number of benzene rings is 1. The summed E-state index contributed by atoms with van der Waals surface area (Å²) in [6, 6.07) is 6.24. The maximum Gasteiger partial charge on any atom is 0.122 e. The van der Waals surface area contributed by atoms with Crippen molar-refractivity contribution < 1.29 is 9.47 Å². The van der Waals surface area contributed by atoms with Crippen LogP contribution in [0.5, 0.6) is 5.75 Å². The molecule has 0 saturated heterocycles. The molecule has 18 heavy (non-hydrogen) atoms. The van der Waals surface area contributed by atoms with Gasteiger partial charge in [0.25, 0.3) is 0 Å². The highest BCUT2D eigenvalue weighted by Crippen LogP contribution is 2.34. The van der Waals surface area contributed by atoms with E-state index in [4.69, 9.17) is 15.2 Å². The molecule has 0 heterocycles. The molecule has 0 saturated carbocycles. The van der Waals surface area contributed by atoms with Crippen molar-refractivity contribution in [2.45, 2.75) is 25.7 Å². The summed E-state index contributed by atoms with van der Waals surface area (Å²) in [6.45, 7) is 0.728. The van der Waals surface area contributed by atoms with Crippen LogP contribution in [0.2, 0.25) is 0 Å². The number of fused-ring (bicyclic) bond motifs is 1. The van der Waals surface area contributed by atoms with E-state index in [1.165, 1.54) is 16.7 Å². The largest absolute Gasteiger partial charge is 0.501 e. The minimum atomic E-state index is 0.728. The van der Waals surface area contributed by atoms with Crippen molar-refractivity contribution in [1.82, 2.24) is 0 Å². The number of hydrogen-bond donors (Lipinski definition) is 1. The number of nitrogens with two attached hydrogens (primary N) is 1. The third-order valence-corrected chi connectivity index (χ3v) is 3.51. The molecule has 1 aliphatic carbocycles. The molecule has 0 spiro atoms. The van der Waals surface area contributed by atoms with E-state index < -0.39 is 0 Å². The number of allylic oxidation sites excluding steroid dienone is 2. The van der Waals surface area contributed by atoms with Crippen molar-refractivity contribution in [3.8, 4) is 5.75 Å². The van der Waals surface area contributed by atoms with E-state index in [0.29, 0.717) is 0 Å². The highest BCUT2D eigenvalue weighted by Gasteiger charge is 2.21. The summed E-state index contributed by atoms with van der Waals surface area (Å²) in [5.74, 6) is 2.04. The van der Waals surface area contributed by atoms with Gasteiger partial charge >= 0.3 is 0 Å². The van der Waals surface area contributed by atoms with Crippen molar-refractivity contribution in [2.75, 3.05) is 20.8 Å². The van der Waals surface area contributed by atoms with Gasteiger partial charge in [-0.3, -0.25) is 0 Å². The average Bonchev–Trinajstić information content (AvgIpc) is 2.43. The molecule has 3 heteroatoms. The molecule has 0 atom stereocenters. The van der Waals surface area contributed by atoms with Crippen LogP contribution in [-0.4, -0.2) is 20.8 Å². The van der Waals surface area contributed by atoms with E-state index in [-0.39, 0.29) is 0 Å². The highest BCUT2D eigenvalue weighted by atomic mass is 16.5. The molecule has 0 fully saturated rings. The molecule has 1 aromatic carbocycles. The van der Waals surface area contributed by atoms with Crippen LogP contribution >= 0.6 is 0 Å². The summed E-state index contributed by atoms with van der Waals surface area (Å²) in [6.07, 6.45) is 3.82. The molecule has 0 amide bonds. The normalized spacial score (nSPS) is 14.4. The predicted octanol–water partition coefficient (Wildman–Crippen LogP) is 2.43. The first-order valence-electron chi connectivity index (χ1n) is 6.39. The van der Waals surface area contributed by atoms with Crippen molar-refractivity contribution in [1.29, 1.82) is 0 Å². The minimum absolute atomic E-state index is 0.728. The molecule has 0 aromatic heterocycles. The molecule has 0 unspecified atom stereocenters. The Morgan fingerprint density at radius 3 is 2.67 bits per heavy atom. The van der Waals surface area contributed by atoms with Gasteiger partial charge in [0.2, 0.25) is 0 Å². The topological polar surface area (TPSA) is 44.5 Å². The number of hydrogen-bond acceptors (Lipinski definition) is 3. The summed E-state index contributed by atoms with van der Waals surface area (Å²) in [7, 11) is 3.47. The molecular weight excluding hydrogens is 226 g/mol. The quantitative estimate of drug-likeness (QED) is 0.869. The molecular formula is C15H21NO2. The summed E-state index contributed by atoms with van der Waals surface area (Å²) >= 11 is 0. The molecule has 1 aromatic rings. The Kier molecular flexibility index (Phi) is 4.26. The Balaban J connectivity index is 2.28. The second kappa shape index (κ2) is 5.91. The van der Waals surface area contributed by atoms with Crippen LogP contribution < -0.4 is 10.5 Å². The summed E-state index contributed by atoms with van der Waals surface area (Å²) in [4.78, 5) is 0. The van der Waals surface area contributed by atoms with Gasteiger partial charge in [0.15, 0.2) is 0 Å². The fourth-order valence-electron chi connectivity index (χ4n) is 2.54. The van der Waals surface area contributed by atoms with Gasteiger partial charge in [0.05, 0.1) is 20.0 Å². The first-order valence-corrected chi connectivity index (χ1v) is 6.39. The van der Waals surface area contributed by atoms with Crippen LogP contribution in [0.1, 0.15) is 24.0 Å². The standard InChI is InChI=1S/C15H21NO2/c1-17-14-7-3-5-11-9-12(6-4-8-16)15(18-2)10-13(11)14/h3,5,7H,4,6,8-10,16H2,1-2H3. The zero-order valence-corrected chi connectivity index (χ0v) is 11.2. The Bertz CT molecular complexity index is 452. The number of ether oxygens (including phenoxy) is 2. The van der Waals surface area contributed by atoms with E-state index in [0.717, 1.165) is 43.7 Å². The van der Waals surface area contributed by atoms with E-state index in [1.807, 2.05) is 6.07 Å². The maximum atomic E-state index is 5.59. The molecule has 2 N–H and O–H groups in total. The van der Waals surface area contributed by atoms with Gasteiger partial charge in [-0.2, -0.15) is 0 Å². The van der Waals surface area contributed by atoms with E-state index in [1.54, 1.807) is 14.2 Å². The van der Waals surface area contributed by atoms with Gasteiger partial charge in [-0.1, -0.05) is 12.1 Å². The van der Waals surface area contributed by atoms with Crippen LogP contribution in [0.15, 0.2) is 29.5 Å². The van der Waals surface area contributed by atoms with Crippen molar-refractivity contribution in [2.24, 2.45) is 5.73 Å². The van der Waals surface area contributed by atoms with Crippen molar-refractivity contribution in [3.05, 3.63) is 40.7 Å². The van der Waals surface area contributed by atoms with Gasteiger partial charge in [-0.05, 0) is 43.0 Å². The summed E-state index contributed by atoms with van der Waals surface area (Å²) in [5, 5.41) is 0. The van der Waals surface area contributed by atoms with Crippen molar-refractivity contribution in [3.63, 3.8) is 0 Å². The van der Waals surface area contributed by atoms with Gasteiger partial charge in [-0.15, -0.1) is 0 Å². The van der Waals surface area contributed by atoms with Gasteiger partial charge < -0.3 is 15.2 Å². The average molecular weight is 247 g/mol. The number of methoxy groups -OCH3 is 2. The van der Waals surface area contributed by atoms with Gasteiger partial charge in [0.1, 0.15) is 5.75 Å². The summed E-state index contributed by atoms with van der Waals surface area (Å²) in [5.41, 5.74) is 9.57. The van der Waals surface area contributed by atoms with Gasteiger partial charge in [0, 0.05) is 12.0 Å². The first kappa shape index (κ1) is 13.0. The Labute approximate surface area is 109 Å². The molecule has 0 radical (unpaired) electrons. The number of rotatable bonds is 5. The monoisotopic (exact) mass is 247 g/mol. The lowest BCUT2D eigenvalue weighted by molar-refractivity contribution is 0.271. The van der Waals surface area contributed by atoms with E-state index in [2.05, 4.69) is 12.1 Å². The molecule has 3 nitrogen and oxygen atoms in total. The SMILES string of the molecule is COC1=C(CCCN)Cc2cccc(OC)c2C1. The Hall–Kier alpha value is -1.48. The zero-order chi connectivity index (χ0) is 13.0. The fourth-order valence-corrected chi connectivity index (χ4v) is 2.54. The van der Waals surface area contributed by atoms with E-state index in [9.17, 15) is 0 Å². The Morgan fingerprint density at radius 1 is 1.17 bits per heavy atom.